The second-order valence-electron chi connectivity index (χ2n) is 3.25. The van der Waals surface area contributed by atoms with E-state index in [-0.39, 0.29) is 0 Å². The van der Waals surface area contributed by atoms with Gasteiger partial charge in [0.1, 0.15) is 0 Å². The zero-order valence-electron chi connectivity index (χ0n) is 9.48. The maximum Gasteiger partial charge on any atom is 0.221 e. The molecule has 16 heavy (non-hydrogen) atoms. The molecule has 0 unspecified atom stereocenters. The van der Waals surface area contributed by atoms with E-state index in [1.165, 1.54) is 0 Å². The monoisotopic (exact) mass is 219 g/mol. The molecule has 0 aliphatic carbocycles. The van der Waals surface area contributed by atoms with Gasteiger partial charge in [-0.1, -0.05) is 0 Å². The van der Waals surface area contributed by atoms with E-state index < -0.39 is 0 Å². The average Bonchev–Trinajstić information content (AvgIpc) is 2.36. The van der Waals surface area contributed by atoms with Crippen LogP contribution in [0.15, 0.2) is 24.4 Å². The van der Waals surface area contributed by atoms with Crippen molar-refractivity contribution in [2.24, 2.45) is 0 Å². The number of nitrogens with zero attached hydrogens (tertiary/aromatic N) is 1. The lowest BCUT2D eigenvalue weighted by molar-refractivity contribution is 0.355. The molecule has 0 fully saturated rings. The molecule has 1 aromatic heterocycles. The highest BCUT2D eigenvalue weighted by molar-refractivity contribution is 5.89. The molecular weight excluding hydrogens is 206 g/mol. The van der Waals surface area contributed by atoms with Gasteiger partial charge in [0, 0.05) is 11.6 Å². The van der Waals surface area contributed by atoms with Crippen molar-refractivity contribution < 1.29 is 14.2 Å². The zero-order chi connectivity index (χ0) is 11.5. The van der Waals surface area contributed by atoms with Gasteiger partial charge in [0.15, 0.2) is 11.5 Å². The van der Waals surface area contributed by atoms with Crippen LogP contribution in [-0.4, -0.2) is 26.3 Å². The fourth-order valence-corrected chi connectivity index (χ4v) is 1.64. The standard InChI is InChI=1S/C12H13NO3/c1-14-10-6-8-4-5-13-12(16-3)9(8)7-11(10)15-2/h4-7H,1-3H3. The van der Waals surface area contributed by atoms with Crippen LogP contribution >= 0.6 is 0 Å². The van der Waals surface area contributed by atoms with Crippen molar-refractivity contribution in [3.05, 3.63) is 24.4 Å². The summed E-state index contributed by atoms with van der Waals surface area (Å²) in [5, 5.41) is 1.91. The van der Waals surface area contributed by atoms with Gasteiger partial charge in [-0.15, -0.1) is 0 Å². The lowest BCUT2D eigenvalue weighted by Crippen LogP contribution is -1.93. The van der Waals surface area contributed by atoms with Crippen LogP contribution in [0.4, 0.5) is 0 Å². The molecule has 0 radical (unpaired) electrons. The third kappa shape index (κ3) is 1.62. The van der Waals surface area contributed by atoms with Crippen molar-refractivity contribution in [1.82, 2.24) is 4.98 Å². The second-order valence-corrected chi connectivity index (χ2v) is 3.25. The maximum absolute atomic E-state index is 5.24. The van der Waals surface area contributed by atoms with Crippen molar-refractivity contribution in [1.29, 1.82) is 0 Å². The number of fused-ring (bicyclic) bond motifs is 1. The summed E-state index contributed by atoms with van der Waals surface area (Å²) < 4.78 is 15.7. The molecule has 0 spiro atoms. The molecule has 2 aromatic rings. The fourth-order valence-electron chi connectivity index (χ4n) is 1.64. The highest BCUT2D eigenvalue weighted by atomic mass is 16.5. The van der Waals surface area contributed by atoms with Gasteiger partial charge >= 0.3 is 0 Å². The Hall–Kier alpha value is -1.97. The Morgan fingerprint density at radius 3 is 2.25 bits per heavy atom. The predicted octanol–water partition coefficient (Wildman–Crippen LogP) is 2.26. The number of aromatic nitrogens is 1. The molecule has 0 saturated heterocycles. The molecule has 2 rings (SSSR count). The van der Waals surface area contributed by atoms with Crippen LogP contribution in [0.5, 0.6) is 17.4 Å². The van der Waals surface area contributed by atoms with Crippen LogP contribution in [0.25, 0.3) is 10.8 Å². The first-order valence-corrected chi connectivity index (χ1v) is 4.85. The van der Waals surface area contributed by atoms with Crippen molar-refractivity contribution >= 4 is 10.8 Å². The summed E-state index contributed by atoms with van der Waals surface area (Å²) in [6, 6.07) is 5.66. The summed E-state index contributed by atoms with van der Waals surface area (Å²) in [4.78, 5) is 4.14. The number of rotatable bonds is 3. The van der Waals surface area contributed by atoms with Crippen LogP contribution in [0.2, 0.25) is 0 Å². The first kappa shape index (κ1) is 10.5. The Kier molecular flexibility index (Phi) is 2.81. The van der Waals surface area contributed by atoms with Gasteiger partial charge in [-0.05, 0) is 23.6 Å². The molecular formula is C12H13NO3. The largest absolute Gasteiger partial charge is 0.493 e. The van der Waals surface area contributed by atoms with E-state index in [2.05, 4.69) is 4.98 Å². The van der Waals surface area contributed by atoms with Crippen molar-refractivity contribution in [3.8, 4) is 17.4 Å². The normalized spacial score (nSPS) is 10.2. The molecule has 4 heteroatoms. The first-order valence-electron chi connectivity index (χ1n) is 4.85. The Morgan fingerprint density at radius 1 is 0.938 bits per heavy atom. The van der Waals surface area contributed by atoms with Gasteiger partial charge in [0.25, 0.3) is 0 Å². The van der Waals surface area contributed by atoms with Gasteiger partial charge in [0.2, 0.25) is 5.88 Å². The van der Waals surface area contributed by atoms with E-state index in [4.69, 9.17) is 14.2 Å². The summed E-state index contributed by atoms with van der Waals surface area (Å²) in [5.41, 5.74) is 0. The number of pyridine rings is 1. The van der Waals surface area contributed by atoms with Gasteiger partial charge in [-0.25, -0.2) is 4.98 Å². The predicted molar refractivity (Wildman–Crippen MR) is 61.4 cm³/mol. The van der Waals surface area contributed by atoms with E-state index in [0.717, 1.165) is 10.8 Å². The number of methoxy groups -OCH3 is 3. The van der Waals surface area contributed by atoms with Crippen molar-refractivity contribution in [2.75, 3.05) is 21.3 Å². The molecule has 0 amide bonds. The molecule has 0 N–H and O–H groups in total. The molecule has 1 heterocycles. The van der Waals surface area contributed by atoms with Gasteiger partial charge in [-0.3, -0.25) is 0 Å². The van der Waals surface area contributed by atoms with Crippen LogP contribution in [0.1, 0.15) is 0 Å². The summed E-state index contributed by atoms with van der Waals surface area (Å²) in [6.07, 6.45) is 1.70. The Morgan fingerprint density at radius 2 is 1.62 bits per heavy atom. The van der Waals surface area contributed by atoms with E-state index in [1.54, 1.807) is 27.5 Å². The maximum atomic E-state index is 5.24. The molecule has 4 nitrogen and oxygen atoms in total. The molecule has 1 aromatic carbocycles. The molecule has 0 bridgehead atoms. The fraction of sp³-hybridized carbons (Fsp3) is 0.250. The molecule has 0 atom stereocenters. The van der Waals surface area contributed by atoms with E-state index in [1.807, 2.05) is 18.2 Å². The second kappa shape index (κ2) is 4.26. The number of hydrogen-bond acceptors (Lipinski definition) is 4. The quantitative estimate of drug-likeness (QED) is 0.794. The molecule has 0 aliphatic rings. The van der Waals surface area contributed by atoms with Gasteiger partial charge < -0.3 is 14.2 Å². The van der Waals surface area contributed by atoms with Crippen molar-refractivity contribution in [2.45, 2.75) is 0 Å². The lowest BCUT2D eigenvalue weighted by Gasteiger charge is -2.10. The molecule has 0 saturated carbocycles. The lowest BCUT2D eigenvalue weighted by atomic mass is 10.1. The Balaban J connectivity index is 2.72. The van der Waals surface area contributed by atoms with Crippen LogP contribution < -0.4 is 14.2 Å². The van der Waals surface area contributed by atoms with E-state index >= 15 is 0 Å². The average molecular weight is 219 g/mol. The highest BCUT2D eigenvalue weighted by Crippen LogP contribution is 2.34. The van der Waals surface area contributed by atoms with Gasteiger partial charge in [-0.2, -0.15) is 0 Å². The number of hydrogen-bond donors (Lipinski definition) is 0. The third-order valence-corrected chi connectivity index (χ3v) is 2.43. The van der Waals surface area contributed by atoms with Gasteiger partial charge in [0.05, 0.1) is 21.3 Å². The minimum absolute atomic E-state index is 0.582. The molecule has 84 valence electrons. The first-order chi connectivity index (χ1) is 7.80. The van der Waals surface area contributed by atoms with Crippen LogP contribution in [0.3, 0.4) is 0 Å². The number of benzene rings is 1. The van der Waals surface area contributed by atoms with E-state index in [0.29, 0.717) is 17.4 Å². The molecule has 0 aliphatic heterocycles. The minimum Gasteiger partial charge on any atom is -0.493 e. The smallest absolute Gasteiger partial charge is 0.221 e. The SMILES string of the molecule is COc1cc2ccnc(OC)c2cc1OC. The summed E-state index contributed by atoms with van der Waals surface area (Å²) >= 11 is 0. The van der Waals surface area contributed by atoms with E-state index in [9.17, 15) is 0 Å². The highest BCUT2D eigenvalue weighted by Gasteiger charge is 2.09. The van der Waals surface area contributed by atoms with Crippen molar-refractivity contribution in [3.63, 3.8) is 0 Å². The topological polar surface area (TPSA) is 40.6 Å². The van der Waals surface area contributed by atoms with Crippen LogP contribution in [0, 0.1) is 0 Å². The summed E-state index contributed by atoms with van der Waals surface area (Å²) in [5.74, 6) is 1.95. The third-order valence-electron chi connectivity index (χ3n) is 2.43. The number of ether oxygens (including phenoxy) is 3. The Labute approximate surface area is 93.8 Å². The summed E-state index contributed by atoms with van der Waals surface area (Å²) in [6.45, 7) is 0. The Bertz CT molecular complexity index is 511. The minimum atomic E-state index is 0.582. The zero-order valence-corrected chi connectivity index (χ0v) is 9.48. The van der Waals surface area contributed by atoms with Crippen LogP contribution in [-0.2, 0) is 0 Å². The summed E-state index contributed by atoms with van der Waals surface area (Å²) in [7, 11) is 4.81.